The quantitative estimate of drug-likeness (QED) is 0.264. The van der Waals surface area contributed by atoms with E-state index in [0.29, 0.717) is 6.42 Å². The van der Waals surface area contributed by atoms with E-state index in [0.717, 1.165) is 71.1 Å². The molecular weight excluding hydrogens is 486 g/mol. The summed E-state index contributed by atoms with van der Waals surface area (Å²) in [6, 6.07) is 26.8. The number of Topliss-reactive ketones (excluding diaryl/α,β-unsaturated/α-hetero) is 1. The molecule has 0 saturated heterocycles. The second-order valence-electron chi connectivity index (χ2n) is 10.6. The number of carbonyl (C=O) groups is 1. The van der Waals surface area contributed by atoms with Crippen molar-refractivity contribution >= 4 is 27.8 Å². The topological polar surface area (TPSA) is 56.8 Å². The molecule has 2 aliphatic heterocycles. The van der Waals surface area contributed by atoms with Crippen molar-refractivity contribution in [3.63, 3.8) is 0 Å². The number of hydrogen-bond acceptors (Lipinski definition) is 5. The Morgan fingerprint density at radius 3 is 2.59 bits per heavy atom. The van der Waals surface area contributed by atoms with Gasteiger partial charge in [-0.15, -0.1) is 0 Å². The van der Waals surface area contributed by atoms with Gasteiger partial charge >= 0.3 is 0 Å². The normalized spacial score (nSPS) is 19.5. The summed E-state index contributed by atoms with van der Waals surface area (Å²) in [5, 5.41) is 6.07. The molecule has 1 N–H and O–H groups in total. The summed E-state index contributed by atoms with van der Waals surface area (Å²) in [5.74, 6) is 2.66. The van der Waals surface area contributed by atoms with E-state index in [4.69, 9.17) is 14.2 Å². The number of allylic oxidation sites excluding steroid dienone is 1. The van der Waals surface area contributed by atoms with Gasteiger partial charge in [0.2, 0.25) is 6.79 Å². The van der Waals surface area contributed by atoms with Crippen molar-refractivity contribution in [3.8, 4) is 17.2 Å². The van der Waals surface area contributed by atoms with E-state index in [1.165, 1.54) is 16.3 Å². The monoisotopic (exact) mass is 517 g/mol. The van der Waals surface area contributed by atoms with Crippen molar-refractivity contribution in [2.45, 2.75) is 44.6 Å². The number of fused-ring (bicyclic) bond motifs is 5. The molecule has 0 aromatic heterocycles. The fourth-order valence-corrected chi connectivity index (χ4v) is 6.20. The number of unbranched alkanes of at least 4 members (excludes halogenated alkanes) is 1. The van der Waals surface area contributed by atoms with E-state index in [1.54, 1.807) is 0 Å². The first-order valence-corrected chi connectivity index (χ1v) is 13.9. The molecule has 0 spiro atoms. The largest absolute Gasteiger partial charge is 0.494 e. The third kappa shape index (κ3) is 4.22. The first-order chi connectivity index (χ1) is 19.2. The number of benzene rings is 4. The van der Waals surface area contributed by atoms with Crippen molar-refractivity contribution in [1.82, 2.24) is 0 Å². The van der Waals surface area contributed by atoms with Gasteiger partial charge < -0.3 is 19.5 Å². The van der Waals surface area contributed by atoms with E-state index in [-0.39, 0.29) is 24.5 Å². The predicted octanol–water partition coefficient (Wildman–Crippen LogP) is 7.81. The maximum Gasteiger partial charge on any atom is 0.231 e. The van der Waals surface area contributed by atoms with E-state index in [9.17, 15) is 4.79 Å². The molecule has 0 amide bonds. The van der Waals surface area contributed by atoms with Crippen molar-refractivity contribution in [2.24, 2.45) is 0 Å². The summed E-state index contributed by atoms with van der Waals surface area (Å²) in [7, 11) is 0. The summed E-state index contributed by atoms with van der Waals surface area (Å²) >= 11 is 0. The molecule has 196 valence electrons. The van der Waals surface area contributed by atoms with Gasteiger partial charge in [-0.1, -0.05) is 61.9 Å². The van der Waals surface area contributed by atoms with E-state index in [2.05, 4.69) is 60.8 Å². The molecule has 4 aromatic rings. The van der Waals surface area contributed by atoms with Crippen LogP contribution in [0.15, 0.2) is 84.4 Å². The van der Waals surface area contributed by atoms with Crippen LogP contribution >= 0.6 is 0 Å². The van der Waals surface area contributed by atoms with Crippen LogP contribution in [-0.4, -0.2) is 19.2 Å². The Hall–Kier alpha value is -4.25. The molecule has 5 nitrogen and oxygen atoms in total. The number of anilines is 1. The van der Waals surface area contributed by atoms with Crippen LogP contribution in [-0.2, 0) is 4.79 Å². The van der Waals surface area contributed by atoms with Crippen molar-refractivity contribution in [1.29, 1.82) is 0 Å². The lowest BCUT2D eigenvalue weighted by molar-refractivity contribution is -0.116. The van der Waals surface area contributed by atoms with Crippen molar-refractivity contribution < 1.29 is 19.0 Å². The molecule has 2 atom stereocenters. The number of carbonyl (C=O) groups excluding carboxylic acids is 1. The molecule has 2 heterocycles. The zero-order valence-electron chi connectivity index (χ0n) is 22.0. The molecule has 1 aliphatic carbocycles. The summed E-state index contributed by atoms with van der Waals surface area (Å²) < 4.78 is 17.1. The molecule has 3 aliphatic rings. The van der Waals surface area contributed by atoms with Crippen LogP contribution < -0.4 is 19.5 Å². The maximum absolute atomic E-state index is 14.0. The molecule has 5 heteroatoms. The van der Waals surface area contributed by atoms with Crippen LogP contribution in [0.1, 0.15) is 61.3 Å². The lowest BCUT2D eigenvalue weighted by Gasteiger charge is -2.37. The van der Waals surface area contributed by atoms with Gasteiger partial charge in [0.15, 0.2) is 17.3 Å². The van der Waals surface area contributed by atoms with Gasteiger partial charge in [0.1, 0.15) is 5.75 Å². The van der Waals surface area contributed by atoms with Gasteiger partial charge in [0.05, 0.1) is 12.6 Å². The lowest BCUT2D eigenvalue weighted by Crippen LogP contribution is -2.29. The predicted molar refractivity (Wildman–Crippen MR) is 154 cm³/mol. The molecule has 0 unspecified atom stereocenters. The Kier molecular flexibility index (Phi) is 5.99. The molecule has 0 fully saturated rings. The third-order valence-electron chi connectivity index (χ3n) is 8.18. The Bertz CT molecular complexity index is 1600. The number of ether oxygens (including phenoxy) is 3. The summed E-state index contributed by atoms with van der Waals surface area (Å²) in [6.45, 7) is 3.11. The first kappa shape index (κ1) is 23.8. The average Bonchev–Trinajstić information content (AvgIpc) is 3.45. The molecule has 0 saturated carbocycles. The minimum absolute atomic E-state index is 0.114. The van der Waals surface area contributed by atoms with Crippen LogP contribution in [0.4, 0.5) is 5.69 Å². The molecule has 4 aromatic carbocycles. The van der Waals surface area contributed by atoms with Crippen LogP contribution in [0, 0.1) is 0 Å². The van der Waals surface area contributed by atoms with E-state index < -0.39 is 0 Å². The minimum atomic E-state index is -0.244. The second kappa shape index (κ2) is 9.81. The van der Waals surface area contributed by atoms with Gasteiger partial charge in [-0.3, -0.25) is 4.79 Å². The first-order valence-electron chi connectivity index (χ1n) is 13.9. The van der Waals surface area contributed by atoms with Crippen LogP contribution in [0.5, 0.6) is 17.2 Å². The van der Waals surface area contributed by atoms with Crippen molar-refractivity contribution in [3.05, 3.63) is 101 Å². The average molecular weight is 518 g/mol. The zero-order valence-corrected chi connectivity index (χ0v) is 22.0. The number of nitrogens with one attached hydrogen (secondary N) is 1. The Balaban J connectivity index is 1.31. The van der Waals surface area contributed by atoms with E-state index in [1.807, 2.05) is 30.3 Å². The summed E-state index contributed by atoms with van der Waals surface area (Å²) in [5.41, 5.74) is 6.41. The van der Waals surface area contributed by atoms with Crippen LogP contribution in [0.25, 0.3) is 16.3 Å². The smallest absolute Gasteiger partial charge is 0.231 e. The number of hydrogen-bond donors (Lipinski definition) is 1. The molecule has 0 bridgehead atoms. The SMILES string of the molecule is CCCCOc1ccc([C@H]2CC(=O)C3=C(C2)c2c(ccc4ccccc24)N[C@H]3c2ccc3c(c2)OCO3)cc1. The highest BCUT2D eigenvalue weighted by Crippen LogP contribution is 2.51. The second-order valence-corrected chi connectivity index (χ2v) is 10.6. The van der Waals surface area contributed by atoms with Crippen LogP contribution in [0.2, 0.25) is 0 Å². The molecule has 0 radical (unpaired) electrons. The van der Waals surface area contributed by atoms with Crippen LogP contribution in [0.3, 0.4) is 0 Å². The van der Waals surface area contributed by atoms with E-state index >= 15 is 0 Å². The van der Waals surface area contributed by atoms with Gasteiger partial charge in [-0.05, 0) is 76.6 Å². The standard InChI is InChI=1S/C34H31NO4/c1-2-3-16-37-25-12-8-21(9-13-25)24-17-27-32-26-7-5-4-6-22(26)10-14-28(32)35-34(33(27)29(36)18-24)23-11-15-30-31(19-23)39-20-38-30/h4-15,19,24,34-35H,2-3,16-18,20H2,1H3/t24-,34+/m1/s1. The highest BCUT2D eigenvalue weighted by Gasteiger charge is 2.39. The maximum atomic E-state index is 14.0. The Morgan fingerprint density at radius 1 is 0.897 bits per heavy atom. The fraction of sp³-hybridized carbons (Fsp3) is 0.265. The molecular formula is C34H31NO4. The minimum Gasteiger partial charge on any atom is -0.494 e. The highest BCUT2D eigenvalue weighted by molar-refractivity contribution is 6.13. The zero-order chi connectivity index (χ0) is 26.3. The molecule has 39 heavy (non-hydrogen) atoms. The van der Waals surface area contributed by atoms with Gasteiger partial charge in [0.25, 0.3) is 0 Å². The Morgan fingerprint density at radius 2 is 1.72 bits per heavy atom. The number of ketones is 1. The summed E-state index contributed by atoms with van der Waals surface area (Å²) in [4.78, 5) is 14.0. The van der Waals surface area contributed by atoms with Gasteiger partial charge in [0, 0.05) is 23.2 Å². The Labute approximate surface area is 228 Å². The highest BCUT2D eigenvalue weighted by atomic mass is 16.7. The van der Waals surface area contributed by atoms with Gasteiger partial charge in [-0.25, -0.2) is 0 Å². The fourth-order valence-electron chi connectivity index (χ4n) is 6.20. The van der Waals surface area contributed by atoms with Crippen molar-refractivity contribution in [2.75, 3.05) is 18.7 Å². The molecule has 7 rings (SSSR count). The number of rotatable bonds is 6. The van der Waals surface area contributed by atoms with Gasteiger partial charge in [-0.2, -0.15) is 0 Å². The lowest BCUT2D eigenvalue weighted by atomic mass is 9.71. The third-order valence-corrected chi connectivity index (χ3v) is 8.18. The summed E-state index contributed by atoms with van der Waals surface area (Å²) in [6.07, 6.45) is 3.44.